The molecule has 2 bridgehead atoms. The summed E-state index contributed by atoms with van der Waals surface area (Å²) in [7, 11) is 1.75. The van der Waals surface area contributed by atoms with E-state index in [-0.39, 0.29) is 34.6 Å². The van der Waals surface area contributed by atoms with E-state index in [0.717, 1.165) is 25.7 Å². The van der Waals surface area contributed by atoms with Crippen LogP contribution in [0.1, 0.15) is 59.8 Å². The Morgan fingerprint density at radius 1 is 1.29 bits per heavy atom. The highest BCUT2D eigenvalue weighted by atomic mass is 16.6. The molecule has 0 aromatic heterocycles. The molecule has 0 aromatic rings. The van der Waals surface area contributed by atoms with E-state index >= 15 is 0 Å². The van der Waals surface area contributed by atoms with Crippen LogP contribution >= 0.6 is 0 Å². The summed E-state index contributed by atoms with van der Waals surface area (Å²) in [5.41, 5.74) is -1.24. The minimum atomic E-state index is -0.763. The molecule has 3 aliphatic rings. The minimum Gasteiger partial charge on any atom is -0.460 e. The van der Waals surface area contributed by atoms with Crippen molar-refractivity contribution in [3.8, 4) is 0 Å². The number of ether oxygens (including phenoxy) is 2. The molecule has 2 unspecified atom stereocenters. The lowest BCUT2D eigenvalue weighted by Crippen LogP contribution is -2.63. The molecule has 0 aliphatic heterocycles. The Morgan fingerprint density at radius 2 is 1.93 bits per heavy atom. The fourth-order valence-electron chi connectivity index (χ4n) is 6.99. The second-order valence-corrected chi connectivity index (χ2v) is 9.88. The second-order valence-electron chi connectivity index (χ2n) is 9.88. The summed E-state index contributed by atoms with van der Waals surface area (Å²) in [5.74, 6) is -0.0900. The Hall–Kier alpha value is -1.20. The molecule has 3 rings (SSSR count). The van der Waals surface area contributed by atoms with E-state index in [1.807, 2.05) is 6.92 Å². The Labute approximate surface area is 168 Å². The lowest BCUT2D eigenvalue weighted by Gasteiger charge is -2.61. The monoisotopic (exact) mass is 392 g/mol. The van der Waals surface area contributed by atoms with Crippen molar-refractivity contribution in [2.24, 2.45) is 34.0 Å². The average Bonchev–Trinajstić information content (AvgIpc) is 3.09. The Balaban J connectivity index is 2.22. The lowest BCUT2D eigenvalue weighted by atomic mass is 9.44. The predicted molar refractivity (Wildman–Crippen MR) is 107 cm³/mol. The van der Waals surface area contributed by atoms with Gasteiger partial charge in [-0.15, -0.1) is 6.58 Å². The third kappa shape index (κ3) is 2.80. The number of esters is 1. The zero-order valence-electron chi connectivity index (χ0n) is 18.0. The van der Waals surface area contributed by atoms with Gasteiger partial charge in [0.15, 0.2) is 0 Å². The van der Waals surface area contributed by atoms with Gasteiger partial charge in [-0.3, -0.25) is 4.79 Å². The number of hydrogen-bond acceptors (Lipinski definition) is 5. The van der Waals surface area contributed by atoms with Crippen molar-refractivity contribution in [2.45, 2.75) is 72.0 Å². The molecule has 5 nitrogen and oxygen atoms in total. The Kier molecular flexibility index (Phi) is 5.56. The van der Waals surface area contributed by atoms with Crippen LogP contribution in [0, 0.1) is 34.0 Å². The van der Waals surface area contributed by atoms with Crippen LogP contribution in [0.15, 0.2) is 12.7 Å². The molecule has 0 saturated heterocycles. The molecule has 5 heteroatoms. The van der Waals surface area contributed by atoms with Crippen LogP contribution in [0.5, 0.6) is 0 Å². The number of aliphatic hydroxyl groups is 1. The molecule has 0 spiro atoms. The van der Waals surface area contributed by atoms with E-state index in [9.17, 15) is 14.7 Å². The number of carbonyl (C=O) groups excluding carboxylic acids is 2. The van der Waals surface area contributed by atoms with Gasteiger partial charge in [-0.05, 0) is 43.9 Å². The standard InChI is InChI=1S/C23H36O5/c1-7-21(4)12-17(28-18(25)13-24)22(5)14(2)8-10-23(15(3)20(21)26)11-9-16(27-6)19(22)23/h7,14-17,19,24H,1,8-13H2,2-6H3/t14?,15-,16+,17+,19?,21+,22-,23-/m0/s1. The molecule has 3 fully saturated rings. The first-order valence-electron chi connectivity index (χ1n) is 10.6. The van der Waals surface area contributed by atoms with Gasteiger partial charge in [-0.1, -0.05) is 26.8 Å². The molecule has 0 heterocycles. The molecule has 1 N–H and O–H groups in total. The van der Waals surface area contributed by atoms with Gasteiger partial charge in [0, 0.05) is 36.2 Å². The van der Waals surface area contributed by atoms with E-state index in [2.05, 4.69) is 27.4 Å². The third-order valence-corrected chi connectivity index (χ3v) is 8.94. The maximum Gasteiger partial charge on any atom is 0.332 e. The number of carbonyl (C=O) groups is 2. The number of allylic oxidation sites excluding steroid dienone is 1. The van der Waals surface area contributed by atoms with Crippen molar-refractivity contribution < 1.29 is 24.2 Å². The van der Waals surface area contributed by atoms with Gasteiger partial charge >= 0.3 is 5.97 Å². The molecule has 28 heavy (non-hydrogen) atoms. The Morgan fingerprint density at radius 3 is 2.50 bits per heavy atom. The highest BCUT2D eigenvalue weighted by Gasteiger charge is 2.68. The van der Waals surface area contributed by atoms with Gasteiger partial charge in [-0.2, -0.15) is 0 Å². The summed E-state index contributed by atoms with van der Waals surface area (Å²) in [6.07, 6.45) is 5.58. The molecule has 3 aliphatic carbocycles. The van der Waals surface area contributed by atoms with E-state index in [0.29, 0.717) is 12.3 Å². The van der Waals surface area contributed by atoms with Gasteiger partial charge in [-0.25, -0.2) is 4.79 Å². The number of methoxy groups -OCH3 is 1. The quantitative estimate of drug-likeness (QED) is 0.585. The minimum absolute atomic E-state index is 0.0476. The smallest absolute Gasteiger partial charge is 0.332 e. The fourth-order valence-corrected chi connectivity index (χ4v) is 6.99. The first kappa shape index (κ1) is 21.5. The maximum absolute atomic E-state index is 13.7. The maximum atomic E-state index is 13.7. The topological polar surface area (TPSA) is 72.8 Å². The van der Waals surface area contributed by atoms with Gasteiger partial charge in [0.2, 0.25) is 0 Å². The predicted octanol–water partition coefficient (Wildman–Crippen LogP) is 3.54. The first-order valence-corrected chi connectivity index (χ1v) is 10.6. The molecule has 0 aromatic carbocycles. The van der Waals surface area contributed by atoms with Crippen LogP contribution in [-0.4, -0.2) is 42.8 Å². The molecule has 8 atom stereocenters. The van der Waals surface area contributed by atoms with E-state index in [1.165, 1.54) is 0 Å². The van der Waals surface area contributed by atoms with Gasteiger partial charge in [0.1, 0.15) is 18.5 Å². The zero-order chi connectivity index (χ0) is 20.9. The van der Waals surface area contributed by atoms with Crippen LogP contribution in [0.2, 0.25) is 0 Å². The fraction of sp³-hybridized carbons (Fsp3) is 0.826. The summed E-state index contributed by atoms with van der Waals surface area (Å²) in [6, 6.07) is 0. The van der Waals surface area contributed by atoms with E-state index < -0.39 is 24.1 Å². The van der Waals surface area contributed by atoms with Crippen molar-refractivity contribution in [1.82, 2.24) is 0 Å². The molecule has 0 amide bonds. The van der Waals surface area contributed by atoms with Gasteiger partial charge in [0.25, 0.3) is 0 Å². The van der Waals surface area contributed by atoms with Crippen molar-refractivity contribution in [2.75, 3.05) is 13.7 Å². The lowest BCUT2D eigenvalue weighted by molar-refractivity contribution is -0.205. The molecular formula is C23H36O5. The summed E-state index contributed by atoms with van der Waals surface area (Å²) in [4.78, 5) is 25.8. The SMILES string of the molecule is C=C[C@]1(C)C[C@@H](OC(=O)CO)[C@]2(C)C(C)CC[C@]3(CC[C@@H](OC)C32)[C@@H](C)C1=O. The highest BCUT2D eigenvalue weighted by molar-refractivity contribution is 5.89. The van der Waals surface area contributed by atoms with Crippen LogP contribution in [0.25, 0.3) is 0 Å². The zero-order valence-corrected chi connectivity index (χ0v) is 18.0. The van der Waals surface area contributed by atoms with Gasteiger partial charge < -0.3 is 14.6 Å². The summed E-state index contributed by atoms with van der Waals surface area (Å²) >= 11 is 0. The molecule has 0 radical (unpaired) electrons. The molecule has 158 valence electrons. The van der Waals surface area contributed by atoms with Crippen LogP contribution in [-0.2, 0) is 19.1 Å². The number of ketones is 1. The summed E-state index contributed by atoms with van der Waals surface area (Å²) in [5, 5.41) is 9.35. The summed E-state index contributed by atoms with van der Waals surface area (Å²) < 4.78 is 11.8. The van der Waals surface area contributed by atoms with Crippen molar-refractivity contribution in [3.05, 3.63) is 12.7 Å². The second kappa shape index (κ2) is 7.24. The number of Topliss-reactive ketones (excluding diaryl/α,β-unsaturated/α-hetero) is 1. The molecular weight excluding hydrogens is 356 g/mol. The third-order valence-electron chi connectivity index (χ3n) is 8.94. The average molecular weight is 393 g/mol. The Bertz CT molecular complexity index is 659. The van der Waals surface area contributed by atoms with Gasteiger partial charge in [0.05, 0.1) is 6.10 Å². The van der Waals surface area contributed by atoms with Crippen LogP contribution < -0.4 is 0 Å². The highest BCUT2D eigenvalue weighted by Crippen LogP contribution is 2.68. The number of hydrogen-bond donors (Lipinski definition) is 1. The van der Waals surface area contributed by atoms with Crippen LogP contribution in [0.4, 0.5) is 0 Å². The van der Waals surface area contributed by atoms with Crippen molar-refractivity contribution in [3.63, 3.8) is 0 Å². The first-order chi connectivity index (χ1) is 13.1. The van der Waals surface area contributed by atoms with Crippen molar-refractivity contribution in [1.29, 1.82) is 0 Å². The molecule has 3 saturated carbocycles. The van der Waals surface area contributed by atoms with Crippen LogP contribution in [0.3, 0.4) is 0 Å². The normalized spacial score (nSPS) is 48.4. The largest absolute Gasteiger partial charge is 0.460 e. The van der Waals surface area contributed by atoms with E-state index in [1.54, 1.807) is 13.2 Å². The summed E-state index contributed by atoms with van der Waals surface area (Å²) in [6.45, 7) is 11.8. The van der Waals surface area contributed by atoms with E-state index in [4.69, 9.17) is 9.47 Å². The van der Waals surface area contributed by atoms with Crippen molar-refractivity contribution >= 4 is 11.8 Å². The number of aliphatic hydroxyl groups excluding tert-OH is 1. The number of rotatable bonds is 4.